The highest BCUT2D eigenvalue weighted by Gasteiger charge is 2.52. The van der Waals surface area contributed by atoms with E-state index in [1.54, 1.807) is 6.07 Å². The first-order valence-electron chi connectivity index (χ1n) is 13.6. The molecule has 3 aromatic rings. The van der Waals surface area contributed by atoms with Crippen molar-refractivity contribution in [2.24, 2.45) is 0 Å². The lowest BCUT2D eigenvalue weighted by Gasteiger charge is -2.32. The number of benzene rings is 3. The molecule has 0 spiro atoms. The maximum absolute atomic E-state index is 13.6. The van der Waals surface area contributed by atoms with Crippen LogP contribution in [0.5, 0.6) is 0 Å². The van der Waals surface area contributed by atoms with Crippen molar-refractivity contribution in [3.63, 3.8) is 0 Å². The number of nitriles is 1. The van der Waals surface area contributed by atoms with Gasteiger partial charge in [-0.05, 0) is 73.1 Å². The van der Waals surface area contributed by atoms with Crippen molar-refractivity contribution in [1.82, 2.24) is 5.32 Å². The molecule has 3 aromatic carbocycles. The van der Waals surface area contributed by atoms with E-state index in [2.05, 4.69) is 5.32 Å². The first-order valence-corrected chi connectivity index (χ1v) is 13.6. The topological polar surface area (TPSA) is 80.6 Å². The molecule has 5 rings (SSSR count). The Labute approximate surface area is 243 Å². The molecule has 0 saturated carbocycles. The predicted molar refractivity (Wildman–Crippen MR) is 153 cm³/mol. The number of amides is 1. The minimum absolute atomic E-state index is 0.102. The van der Waals surface area contributed by atoms with Crippen LogP contribution in [0.25, 0.3) is 17.2 Å². The van der Waals surface area contributed by atoms with Crippen molar-refractivity contribution in [2.75, 3.05) is 13.2 Å². The molecule has 1 amide bonds. The highest BCUT2D eigenvalue weighted by molar-refractivity contribution is 6.56. The third-order valence-electron chi connectivity index (χ3n) is 8.16. The normalized spacial score (nSPS) is 17.4. The number of alkyl carbamates (subject to hydrolysis) is 1. The van der Waals surface area contributed by atoms with Gasteiger partial charge in [-0.25, -0.2) is 4.79 Å². The van der Waals surface area contributed by atoms with E-state index in [0.717, 1.165) is 34.4 Å². The van der Waals surface area contributed by atoms with Crippen LogP contribution in [0.4, 0.5) is 18.0 Å². The number of nitrogens with zero attached hydrogens (tertiary/aromatic N) is 1. The van der Waals surface area contributed by atoms with Crippen molar-refractivity contribution in [2.45, 2.75) is 51.0 Å². The lowest BCUT2D eigenvalue weighted by molar-refractivity contribution is -0.137. The van der Waals surface area contributed by atoms with Gasteiger partial charge in [-0.2, -0.15) is 18.4 Å². The van der Waals surface area contributed by atoms with E-state index in [9.17, 15) is 18.0 Å². The highest BCUT2D eigenvalue weighted by atomic mass is 19.4. The second kappa shape index (κ2) is 11.0. The molecule has 2 aliphatic rings. The predicted octanol–water partition coefficient (Wildman–Crippen LogP) is 7.13. The zero-order chi connectivity index (χ0) is 30.3. The molecule has 1 fully saturated rings. The van der Waals surface area contributed by atoms with Crippen LogP contribution in [0.15, 0.2) is 72.2 Å². The second-order valence-electron chi connectivity index (χ2n) is 11.4. The second-order valence-corrected chi connectivity index (χ2v) is 11.4. The third kappa shape index (κ3) is 5.67. The summed E-state index contributed by atoms with van der Waals surface area (Å²) in [6.07, 6.45) is -3.92. The van der Waals surface area contributed by atoms with Crippen LogP contribution in [-0.4, -0.2) is 37.6 Å². The van der Waals surface area contributed by atoms with Crippen molar-refractivity contribution in [1.29, 1.82) is 5.26 Å². The van der Waals surface area contributed by atoms with Crippen LogP contribution >= 0.6 is 0 Å². The van der Waals surface area contributed by atoms with E-state index in [1.807, 2.05) is 76.2 Å². The molecule has 1 heterocycles. The fraction of sp³-hybridized carbons (Fsp3) is 0.312. The molecular formula is C32H30BF3N2O4. The summed E-state index contributed by atoms with van der Waals surface area (Å²) in [4.78, 5) is 12.9. The lowest BCUT2D eigenvalue weighted by Crippen LogP contribution is -2.41. The number of carbonyl (C=O) groups excluding carboxylic acids is 1. The van der Waals surface area contributed by atoms with Gasteiger partial charge >= 0.3 is 19.4 Å². The Kier molecular flexibility index (Phi) is 7.69. The molecule has 1 saturated heterocycles. The van der Waals surface area contributed by atoms with Gasteiger partial charge in [0.25, 0.3) is 0 Å². The van der Waals surface area contributed by atoms with Crippen molar-refractivity contribution in [3.8, 4) is 17.2 Å². The smallest absolute Gasteiger partial charge is 0.449 e. The Bertz CT molecular complexity index is 1530. The maximum Gasteiger partial charge on any atom is 0.492 e. The summed E-state index contributed by atoms with van der Waals surface area (Å²) in [7, 11) is -0.936. The van der Waals surface area contributed by atoms with Crippen LogP contribution in [0, 0.1) is 11.3 Å². The Morgan fingerprint density at radius 1 is 1.00 bits per heavy atom. The van der Waals surface area contributed by atoms with Gasteiger partial charge in [-0.15, -0.1) is 0 Å². The molecule has 10 heteroatoms. The molecule has 1 aliphatic carbocycles. The molecule has 1 N–H and O–H groups in total. The van der Waals surface area contributed by atoms with Gasteiger partial charge in [0.05, 0.1) is 28.4 Å². The first-order chi connectivity index (χ1) is 19.8. The molecule has 0 atom stereocenters. The number of halogens is 3. The molecular weight excluding hydrogens is 544 g/mol. The van der Waals surface area contributed by atoms with E-state index in [4.69, 9.17) is 19.3 Å². The molecule has 0 bridgehead atoms. The summed E-state index contributed by atoms with van der Waals surface area (Å²) in [6.45, 7) is 7.43. The summed E-state index contributed by atoms with van der Waals surface area (Å²) in [6, 6.07) is 21.0. The molecule has 216 valence electrons. The van der Waals surface area contributed by atoms with Gasteiger partial charge in [-0.1, -0.05) is 60.7 Å². The average Bonchev–Trinajstić information content (AvgIpc) is 3.38. The first kappa shape index (κ1) is 29.4. The fourth-order valence-electron chi connectivity index (χ4n) is 5.22. The number of carbonyl (C=O) groups is 1. The Balaban J connectivity index is 1.35. The standard InChI is InChI=1S/C32H30BF3N2O4/c1-30(2)31(3,4)42-33(41-30)22(15-20-13-14-21(17-37)28(16-20)32(34,35)36)18-38-29(39)40-19-27-25-11-7-5-9-23(25)24-10-6-8-12-26(24)27/h5-16,27H,18-19H2,1-4H3,(H,38,39). The number of alkyl halides is 3. The van der Waals surface area contributed by atoms with Crippen LogP contribution in [0.3, 0.4) is 0 Å². The summed E-state index contributed by atoms with van der Waals surface area (Å²) in [5.41, 5.74) is 1.97. The average molecular weight is 574 g/mol. The minimum Gasteiger partial charge on any atom is -0.449 e. The molecule has 42 heavy (non-hydrogen) atoms. The lowest BCUT2D eigenvalue weighted by atomic mass is 9.77. The maximum atomic E-state index is 13.6. The van der Waals surface area contributed by atoms with Gasteiger partial charge in [0.1, 0.15) is 6.61 Å². The molecule has 0 aromatic heterocycles. The number of ether oxygens (including phenoxy) is 1. The van der Waals surface area contributed by atoms with Crippen LogP contribution in [-0.2, 0) is 20.2 Å². The zero-order valence-corrected chi connectivity index (χ0v) is 23.7. The Hall–Kier alpha value is -4.07. The van der Waals surface area contributed by atoms with Gasteiger partial charge in [0.2, 0.25) is 0 Å². The van der Waals surface area contributed by atoms with Crippen LogP contribution in [0.1, 0.15) is 61.4 Å². The van der Waals surface area contributed by atoms with E-state index in [0.29, 0.717) is 5.47 Å². The SMILES string of the molecule is CC1(C)OB(C(=Cc2ccc(C#N)c(C(F)(F)F)c2)CNC(=O)OCC2c3ccccc3-c3ccccc32)OC1(C)C. The van der Waals surface area contributed by atoms with Crippen LogP contribution < -0.4 is 5.32 Å². The number of nitrogens with one attached hydrogen (secondary N) is 1. The van der Waals surface area contributed by atoms with E-state index < -0.39 is 41.7 Å². The molecule has 6 nitrogen and oxygen atoms in total. The fourth-order valence-corrected chi connectivity index (χ4v) is 5.22. The largest absolute Gasteiger partial charge is 0.492 e. The Morgan fingerprint density at radius 2 is 1.57 bits per heavy atom. The highest BCUT2D eigenvalue weighted by Crippen LogP contribution is 2.44. The van der Waals surface area contributed by atoms with Gasteiger partial charge < -0.3 is 19.4 Å². The molecule has 1 aliphatic heterocycles. The minimum atomic E-state index is -4.71. The van der Waals surface area contributed by atoms with Crippen LogP contribution in [0.2, 0.25) is 0 Å². The Morgan fingerprint density at radius 3 is 2.12 bits per heavy atom. The van der Waals surface area contributed by atoms with E-state index in [1.165, 1.54) is 12.1 Å². The molecule has 0 radical (unpaired) electrons. The number of hydrogen-bond donors (Lipinski definition) is 1. The summed E-state index contributed by atoms with van der Waals surface area (Å²) < 4.78 is 58.7. The van der Waals surface area contributed by atoms with Gasteiger partial charge in [0.15, 0.2) is 0 Å². The quantitative estimate of drug-likeness (QED) is 0.317. The van der Waals surface area contributed by atoms with Gasteiger partial charge in [-0.3, -0.25) is 0 Å². The van der Waals surface area contributed by atoms with Crippen molar-refractivity contribution >= 4 is 19.3 Å². The zero-order valence-electron chi connectivity index (χ0n) is 23.7. The summed E-state index contributed by atoms with van der Waals surface area (Å²) >= 11 is 0. The summed E-state index contributed by atoms with van der Waals surface area (Å²) in [5.74, 6) is -0.124. The molecule has 0 unspecified atom stereocenters. The van der Waals surface area contributed by atoms with E-state index in [-0.39, 0.29) is 24.6 Å². The summed E-state index contributed by atoms with van der Waals surface area (Å²) in [5, 5.41) is 11.9. The third-order valence-corrected chi connectivity index (χ3v) is 8.16. The monoisotopic (exact) mass is 574 g/mol. The van der Waals surface area contributed by atoms with Gasteiger partial charge in [0, 0.05) is 12.5 Å². The van der Waals surface area contributed by atoms with Crippen molar-refractivity contribution in [3.05, 3.63) is 100 Å². The number of hydrogen-bond acceptors (Lipinski definition) is 5. The number of fused-ring (bicyclic) bond motifs is 3. The van der Waals surface area contributed by atoms with E-state index >= 15 is 0 Å². The van der Waals surface area contributed by atoms with Crippen molar-refractivity contribution < 1.29 is 32.0 Å². The number of rotatable bonds is 6.